The molecule has 3 rings (SSSR count). The zero-order chi connectivity index (χ0) is 25.8. The lowest BCUT2D eigenvalue weighted by molar-refractivity contribution is -0.274. The molecule has 0 amide bonds. The second kappa shape index (κ2) is 10.8. The smallest absolute Gasteiger partial charge is 0.493 e. The second-order valence-electron chi connectivity index (χ2n) is 8.69. The number of alkyl halides is 3. The van der Waals surface area contributed by atoms with Crippen LogP contribution in [-0.4, -0.2) is 29.0 Å². The van der Waals surface area contributed by atoms with Crippen LogP contribution in [0, 0.1) is 6.92 Å². The van der Waals surface area contributed by atoms with Crippen molar-refractivity contribution in [2.24, 2.45) is 0 Å². The maximum absolute atomic E-state index is 12.4. The lowest BCUT2D eigenvalue weighted by Gasteiger charge is -2.14. The van der Waals surface area contributed by atoms with Gasteiger partial charge in [0.2, 0.25) is 5.89 Å². The molecule has 1 N–H and O–H groups in total. The van der Waals surface area contributed by atoms with E-state index in [4.69, 9.17) is 14.3 Å². The molecular weight excluding hydrogens is 463 g/mol. The van der Waals surface area contributed by atoms with Gasteiger partial charge in [-0.3, -0.25) is 4.79 Å². The number of aliphatic carboxylic acids is 1. The number of benzene rings is 2. The number of carbonyl (C=O) groups is 1. The number of nitrogens with zero attached hydrogens (tertiary/aromatic N) is 1. The predicted molar refractivity (Wildman–Crippen MR) is 124 cm³/mol. The van der Waals surface area contributed by atoms with E-state index in [-0.39, 0.29) is 24.0 Å². The SMILES string of the molecule is Cc1cc(OCC(C)c2oc(-c3ccc(OC(F)(F)F)cc3)nc2C(C)C)ccc1CCC(=O)O. The van der Waals surface area contributed by atoms with Crippen molar-refractivity contribution >= 4 is 5.97 Å². The van der Waals surface area contributed by atoms with Crippen LogP contribution < -0.4 is 9.47 Å². The summed E-state index contributed by atoms with van der Waals surface area (Å²) in [5, 5.41) is 8.88. The molecule has 0 aliphatic heterocycles. The third-order valence-electron chi connectivity index (χ3n) is 5.43. The summed E-state index contributed by atoms with van der Waals surface area (Å²) < 4.78 is 53.2. The minimum atomic E-state index is -4.75. The molecule has 0 radical (unpaired) electrons. The number of carboxylic acids is 1. The Hall–Kier alpha value is -3.49. The molecule has 0 saturated carbocycles. The van der Waals surface area contributed by atoms with Crippen molar-refractivity contribution in [1.29, 1.82) is 0 Å². The lowest BCUT2D eigenvalue weighted by Crippen LogP contribution is -2.16. The van der Waals surface area contributed by atoms with Gasteiger partial charge in [0.05, 0.1) is 18.2 Å². The fourth-order valence-electron chi connectivity index (χ4n) is 3.61. The first-order valence-electron chi connectivity index (χ1n) is 11.2. The molecule has 6 nitrogen and oxygen atoms in total. The van der Waals surface area contributed by atoms with E-state index < -0.39 is 12.3 Å². The summed E-state index contributed by atoms with van der Waals surface area (Å²) in [6.07, 6.45) is -4.23. The summed E-state index contributed by atoms with van der Waals surface area (Å²) >= 11 is 0. The fraction of sp³-hybridized carbons (Fsp3) is 0.385. The molecule has 9 heteroatoms. The van der Waals surface area contributed by atoms with E-state index in [9.17, 15) is 18.0 Å². The Kier molecular flexibility index (Phi) is 8.09. The van der Waals surface area contributed by atoms with Crippen LogP contribution in [0.15, 0.2) is 46.9 Å². The molecule has 0 aliphatic rings. The molecular formula is C26H28F3NO5. The van der Waals surface area contributed by atoms with Crippen LogP contribution in [0.25, 0.3) is 11.5 Å². The van der Waals surface area contributed by atoms with Gasteiger partial charge in [0, 0.05) is 12.0 Å². The minimum absolute atomic E-state index is 0.0635. The first kappa shape index (κ1) is 26.1. The van der Waals surface area contributed by atoms with Gasteiger partial charge in [-0.2, -0.15) is 0 Å². The van der Waals surface area contributed by atoms with Crippen LogP contribution in [0.2, 0.25) is 0 Å². The van der Waals surface area contributed by atoms with Crippen molar-refractivity contribution in [3.8, 4) is 23.0 Å². The van der Waals surface area contributed by atoms with Gasteiger partial charge >= 0.3 is 12.3 Å². The molecule has 0 saturated heterocycles. The molecule has 1 aromatic heterocycles. The highest BCUT2D eigenvalue weighted by atomic mass is 19.4. The first-order chi connectivity index (χ1) is 16.4. The standard InChI is InChI=1S/C26H28F3NO5/c1-15(2)23-24(34-25(30-23)19-6-9-20(10-7-19)35-26(27,28)29)17(4)14-33-21-11-5-18(16(3)13-21)8-12-22(31)32/h5-7,9-11,13,15,17H,8,12,14H2,1-4H3,(H,31,32). The number of halogens is 3. The van der Waals surface area contributed by atoms with Gasteiger partial charge in [0.1, 0.15) is 17.3 Å². The number of aromatic nitrogens is 1. The number of hydrogen-bond donors (Lipinski definition) is 1. The van der Waals surface area contributed by atoms with Crippen LogP contribution in [-0.2, 0) is 11.2 Å². The summed E-state index contributed by atoms with van der Waals surface area (Å²) in [5.74, 6) is 0.398. The van der Waals surface area contributed by atoms with E-state index in [1.165, 1.54) is 24.3 Å². The first-order valence-corrected chi connectivity index (χ1v) is 11.2. The summed E-state index contributed by atoms with van der Waals surface area (Å²) in [6.45, 7) is 8.15. The molecule has 188 valence electrons. The normalized spacial score (nSPS) is 12.6. The van der Waals surface area contributed by atoms with Crippen molar-refractivity contribution in [2.75, 3.05) is 6.61 Å². The third-order valence-corrected chi connectivity index (χ3v) is 5.43. The van der Waals surface area contributed by atoms with Gasteiger partial charge in [-0.05, 0) is 66.8 Å². The Bertz CT molecular complexity index is 1150. The monoisotopic (exact) mass is 491 g/mol. The maximum Gasteiger partial charge on any atom is 0.573 e. The van der Waals surface area contributed by atoms with E-state index in [0.717, 1.165) is 16.8 Å². The molecule has 1 heterocycles. The number of aryl methyl sites for hydroxylation is 2. The second-order valence-corrected chi connectivity index (χ2v) is 8.69. The molecule has 1 atom stereocenters. The maximum atomic E-state index is 12.4. The van der Waals surface area contributed by atoms with Gasteiger partial charge in [-0.1, -0.05) is 26.8 Å². The number of hydrogen-bond acceptors (Lipinski definition) is 5. The minimum Gasteiger partial charge on any atom is -0.493 e. The summed E-state index contributed by atoms with van der Waals surface area (Å²) in [5.41, 5.74) is 3.21. The Balaban J connectivity index is 1.72. The Morgan fingerprint density at radius 1 is 1.09 bits per heavy atom. The highest BCUT2D eigenvalue weighted by molar-refractivity contribution is 5.67. The zero-order valence-electron chi connectivity index (χ0n) is 20.0. The van der Waals surface area contributed by atoms with Crippen molar-refractivity contribution in [2.45, 2.75) is 58.7 Å². The van der Waals surface area contributed by atoms with Crippen molar-refractivity contribution in [1.82, 2.24) is 4.98 Å². The highest BCUT2D eigenvalue weighted by Gasteiger charge is 2.31. The summed E-state index contributed by atoms with van der Waals surface area (Å²) in [7, 11) is 0. The van der Waals surface area contributed by atoms with Crippen LogP contribution in [0.4, 0.5) is 13.2 Å². The van der Waals surface area contributed by atoms with Gasteiger partial charge in [-0.25, -0.2) is 4.98 Å². The van der Waals surface area contributed by atoms with Crippen LogP contribution in [0.1, 0.15) is 61.6 Å². The molecule has 3 aromatic rings. The van der Waals surface area contributed by atoms with Crippen molar-refractivity contribution in [3.05, 3.63) is 65.0 Å². The Labute approximate surface area is 201 Å². The fourth-order valence-corrected chi connectivity index (χ4v) is 3.61. The average molecular weight is 492 g/mol. The Morgan fingerprint density at radius 3 is 2.31 bits per heavy atom. The predicted octanol–water partition coefficient (Wildman–Crippen LogP) is 6.87. The van der Waals surface area contributed by atoms with Crippen molar-refractivity contribution in [3.63, 3.8) is 0 Å². The van der Waals surface area contributed by atoms with Crippen LogP contribution in [0.3, 0.4) is 0 Å². The average Bonchev–Trinajstić information content (AvgIpc) is 3.22. The van der Waals surface area contributed by atoms with E-state index >= 15 is 0 Å². The molecule has 1 unspecified atom stereocenters. The largest absolute Gasteiger partial charge is 0.573 e. The van der Waals surface area contributed by atoms with E-state index in [1.807, 2.05) is 45.9 Å². The molecule has 2 aromatic carbocycles. The molecule has 0 bridgehead atoms. The molecule has 0 spiro atoms. The summed E-state index contributed by atoms with van der Waals surface area (Å²) in [4.78, 5) is 15.4. The topological polar surface area (TPSA) is 81.8 Å². The number of ether oxygens (including phenoxy) is 2. The van der Waals surface area contributed by atoms with Gasteiger partial charge in [0.15, 0.2) is 0 Å². The molecule has 0 fully saturated rings. The van der Waals surface area contributed by atoms with Crippen LogP contribution >= 0.6 is 0 Å². The molecule has 35 heavy (non-hydrogen) atoms. The van der Waals surface area contributed by atoms with E-state index in [0.29, 0.717) is 36.0 Å². The number of carboxylic acid groups (broad SMARTS) is 1. The van der Waals surface area contributed by atoms with Gasteiger partial charge < -0.3 is 19.0 Å². The Morgan fingerprint density at radius 2 is 1.74 bits per heavy atom. The molecule has 0 aliphatic carbocycles. The highest BCUT2D eigenvalue weighted by Crippen LogP contribution is 2.33. The van der Waals surface area contributed by atoms with Gasteiger partial charge in [0.25, 0.3) is 0 Å². The summed E-state index contributed by atoms with van der Waals surface area (Å²) in [6, 6.07) is 10.9. The number of rotatable bonds is 10. The number of oxazole rings is 1. The van der Waals surface area contributed by atoms with Crippen molar-refractivity contribution < 1.29 is 37.0 Å². The zero-order valence-corrected chi connectivity index (χ0v) is 20.0. The lowest BCUT2D eigenvalue weighted by atomic mass is 10.0. The van der Waals surface area contributed by atoms with E-state index in [1.54, 1.807) is 0 Å². The van der Waals surface area contributed by atoms with Gasteiger partial charge in [-0.15, -0.1) is 13.2 Å². The van der Waals surface area contributed by atoms with Crippen LogP contribution in [0.5, 0.6) is 11.5 Å². The quantitative estimate of drug-likeness (QED) is 0.333. The third kappa shape index (κ3) is 7.24. The van der Waals surface area contributed by atoms with E-state index in [2.05, 4.69) is 9.72 Å².